The highest BCUT2D eigenvalue weighted by atomic mass is 32.2. The minimum Gasteiger partial charge on any atom is -0.419 e. The quantitative estimate of drug-likeness (QED) is 0.279. The second-order valence-electron chi connectivity index (χ2n) is 7.53. The van der Waals surface area contributed by atoms with Crippen molar-refractivity contribution in [3.8, 4) is 28.5 Å². The average Bonchev–Trinajstić information content (AvgIpc) is 3.49. The van der Waals surface area contributed by atoms with E-state index in [0.29, 0.717) is 28.3 Å². The van der Waals surface area contributed by atoms with Gasteiger partial charge >= 0.3 is 0 Å². The van der Waals surface area contributed by atoms with E-state index in [0.717, 1.165) is 16.8 Å². The van der Waals surface area contributed by atoms with Crippen LogP contribution in [-0.4, -0.2) is 25.0 Å². The van der Waals surface area contributed by atoms with Gasteiger partial charge in [-0.2, -0.15) is 0 Å². The zero-order valence-electron chi connectivity index (χ0n) is 18.0. The van der Waals surface area contributed by atoms with Gasteiger partial charge in [0.05, 0.1) is 10.8 Å². The molecule has 0 bridgehead atoms. The van der Waals surface area contributed by atoms with Crippen molar-refractivity contribution in [3.05, 3.63) is 96.1 Å². The first kappa shape index (κ1) is 21.1. The largest absolute Gasteiger partial charge is 0.419 e. The third kappa shape index (κ3) is 4.29. The van der Waals surface area contributed by atoms with Crippen LogP contribution in [0.5, 0.6) is 0 Å². The van der Waals surface area contributed by atoms with Crippen LogP contribution in [0.15, 0.2) is 88.4 Å². The summed E-state index contributed by atoms with van der Waals surface area (Å²) in [5, 5.41) is 17.5. The SMILES string of the molecule is Cc1ccc(-n2c(SC(C)c3nnc(-c4ccccc4)o3)nnc2-c2ccccc2F)cc1. The Hall–Kier alpha value is -3.78. The third-order valence-corrected chi connectivity index (χ3v) is 6.16. The summed E-state index contributed by atoms with van der Waals surface area (Å²) in [6.07, 6.45) is 0. The molecule has 1 unspecified atom stereocenters. The minimum atomic E-state index is -0.354. The molecular formula is C25H20FN5OS. The van der Waals surface area contributed by atoms with Gasteiger partial charge in [0.1, 0.15) is 5.82 Å². The molecule has 0 aliphatic heterocycles. The van der Waals surface area contributed by atoms with Gasteiger partial charge in [0.2, 0.25) is 11.8 Å². The molecule has 0 fully saturated rings. The fourth-order valence-corrected chi connectivity index (χ4v) is 4.29. The summed E-state index contributed by atoms with van der Waals surface area (Å²) >= 11 is 1.42. The Labute approximate surface area is 194 Å². The van der Waals surface area contributed by atoms with Crippen LogP contribution in [0.3, 0.4) is 0 Å². The van der Waals surface area contributed by atoms with Gasteiger partial charge in [-0.1, -0.05) is 59.8 Å². The predicted octanol–water partition coefficient (Wildman–Crippen LogP) is 6.29. The molecule has 5 rings (SSSR count). The maximum atomic E-state index is 14.6. The minimum absolute atomic E-state index is 0.197. The van der Waals surface area contributed by atoms with Gasteiger partial charge in [-0.3, -0.25) is 4.57 Å². The second kappa shape index (κ2) is 8.99. The molecule has 0 saturated carbocycles. The summed E-state index contributed by atoms with van der Waals surface area (Å²) in [5.41, 5.74) is 3.21. The van der Waals surface area contributed by atoms with Gasteiger partial charge in [-0.05, 0) is 50.2 Å². The summed E-state index contributed by atoms with van der Waals surface area (Å²) in [5.74, 6) is 1.02. The van der Waals surface area contributed by atoms with E-state index in [1.807, 2.05) is 73.0 Å². The van der Waals surface area contributed by atoms with E-state index in [9.17, 15) is 4.39 Å². The molecule has 2 aromatic heterocycles. The molecule has 3 aromatic carbocycles. The van der Waals surface area contributed by atoms with E-state index in [1.54, 1.807) is 18.2 Å². The van der Waals surface area contributed by atoms with Gasteiger partial charge in [-0.25, -0.2) is 4.39 Å². The van der Waals surface area contributed by atoms with Crippen LogP contribution in [-0.2, 0) is 0 Å². The molecule has 5 aromatic rings. The number of aromatic nitrogens is 5. The molecule has 0 amide bonds. The van der Waals surface area contributed by atoms with Crippen LogP contribution in [0.1, 0.15) is 23.6 Å². The first-order chi connectivity index (χ1) is 16.1. The van der Waals surface area contributed by atoms with Crippen LogP contribution in [0.4, 0.5) is 4.39 Å². The smallest absolute Gasteiger partial charge is 0.247 e. The standard InChI is InChI=1S/C25H20FN5OS/c1-16-12-14-19(15-13-16)31-22(20-10-6-7-11-21(20)26)27-30-25(31)33-17(2)23-28-29-24(32-23)18-8-4-3-5-9-18/h3-15,17H,1-2H3. The van der Waals surface area contributed by atoms with Gasteiger partial charge in [-0.15, -0.1) is 20.4 Å². The van der Waals surface area contributed by atoms with Crippen LogP contribution in [0.25, 0.3) is 28.5 Å². The predicted molar refractivity (Wildman–Crippen MR) is 125 cm³/mol. The molecule has 33 heavy (non-hydrogen) atoms. The average molecular weight is 458 g/mol. The van der Waals surface area contributed by atoms with E-state index in [1.165, 1.54) is 17.8 Å². The van der Waals surface area contributed by atoms with Crippen LogP contribution in [0.2, 0.25) is 0 Å². The number of rotatable bonds is 6. The lowest BCUT2D eigenvalue weighted by Gasteiger charge is -2.12. The summed E-state index contributed by atoms with van der Waals surface area (Å²) < 4.78 is 22.4. The molecule has 1 atom stereocenters. The molecule has 0 saturated heterocycles. The van der Waals surface area contributed by atoms with Crippen molar-refractivity contribution < 1.29 is 8.81 Å². The fraction of sp³-hybridized carbons (Fsp3) is 0.120. The fourth-order valence-electron chi connectivity index (χ4n) is 3.39. The topological polar surface area (TPSA) is 69.6 Å². The monoisotopic (exact) mass is 457 g/mol. The second-order valence-corrected chi connectivity index (χ2v) is 8.84. The number of benzene rings is 3. The number of hydrogen-bond donors (Lipinski definition) is 0. The van der Waals surface area contributed by atoms with E-state index in [2.05, 4.69) is 20.4 Å². The Balaban J connectivity index is 1.51. The highest BCUT2D eigenvalue weighted by Gasteiger charge is 2.23. The molecule has 0 aliphatic carbocycles. The molecule has 0 radical (unpaired) electrons. The Kier molecular flexibility index (Phi) is 5.75. The van der Waals surface area contributed by atoms with Gasteiger partial charge < -0.3 is 4.42 Å². The normalized spacial score (nSPS) is 12.1. The van der Waals surface area contributed by atoms with E-state index in [-0.39, 0.29) is 11.1 Å². The van der Waals surface area contributed by atoms with Crippen molar-refractivity contribution in [3.63, 3.8) is 0 Å². The Bertz CT molecular complexity index is 1380. The number of hydrogen-bond acceptors (Lipinski definition) is 6. The van der Waals surface area contributed by atoms with Crippen molar-refractivity contribution >= 4 is 11.8 Å². The van der Waals surface area contributed by atoms with Gasteiger partial charge in [0.15, 0.2) is 11.0 Å². The lowest BCUT2D eigenvalue weighted by molar-refractivity contribution is 0.509. The zero-order chi connectivity index (χ0) is 22.8. The van der Waals surface area contributed by atoms with Crippen molar-refractivity contribution in [2.45, 2.75) is 24.3 Å². The molecule has 6 nitrogen and oxygen atoms in total. The summed E-state index contributed by atoms with van der Waals surface area (Å²) in [6.45, 7) is 3.98. The van der Waals surface area contributed by atoms with Gasteiger partial charge in [0, 0.05) is 11.3 Å². The molecule has 0 spiro atoms. The highest BCUT2D eigenvalue weighted by molar-refractivity contribution is 7.99. The maximum Gasteiger partial charge on any atom is 0.247 e. The number of nitrogens with zero attached hydrogens (tertiary/aromatic N) is 5. The molecule has 8 heteroatoms. The first-order valence-electron chi connectivity index (χ1n) is 10.4. The highest BCUT2D eigenvalue weighted by Crippen LogP contribution is 2.37. The first-order valence-corrected chi connectivity index (χ1v) is 11.3. The lowest BCUT2D eigenvalue weighted by Crippen LogP contribution is -2.02. The molecule has 2 heterocycles. The van der Waals surface area contributed by atoms with Crippen molar-refractivity contribution in [2.24, 2.45) is 0 Å². The molecular weight excluding hydrogens is 437 g/mol. The lowest BCUT2D eigenvalue weighted by atomic mass is 10.2. The van der Waals surface area contributed by atoms with E-state index < -0.39 is 0 Å². The number of thioether (sulfide) groups is 1. The van der Waals surface area contributed by atoms with Crippen molar-refractivity contribution in [1.82, 2.24) is 25.0 Å². The van der Waals surface area contributed by atoms with Gasteiger partial charge in [0.25, 0.3) is 0 Å². The number of halogens is 1. The molecule has 0 N–H and O–H groups in total. The summed E-state index contributed by atoms with van der Waals surface area (Å²) in [6, 6.07) is 24.1. The Morgan fingerprint density at radius 1 is 0.848 bits per heavy atom. The van der Waals surface area contributed by atoms with E-state index in [4.69, 9.17) is 4.42 Å². The Morgan fingerprint density at radius 3 is 2.33 bits per heavy atom. The van der Waals surface area contributed by atoms with E-state index >= 15 is 0 Å². The van der Waals surface area contributed by atoms with Crippen LogP contribution in [0, 0.1) is 12.7 Å². The van der Waals surface area contributed by atoms with Crippen molar-refractivity contribution in [1.29, 1.82) is 0 Å². The maximum absolute atomic E-state index is 14.6. The van der Waals surface area contributed by atoms with Crippen LogP contribution < -0.4 is 0 Å². The number of aryl methyl sites for hydroxylation is 1. The zero-order valence-corrected chi connectivity index (χ0v) is 18.8. The Morgan fingerprint density at radius 2 is 1.58 bits per heavy atom. The molecule has 0 aliphatic rings. The summed E-state index contributed by atoms with van der Waals surface area (Å²) in [7, 11) is 0. The summed E-state index contributed by atoms with van der Waals surface area (Å²) in [4.78, 5) is 0. The van der Waals surface area contributed by atoms with Crippen LogP contribution >= 0.6 is 11.8 Å². The van der Waals surface area contributed by atoms with Crippen molar-refractivity contribution in [2.75, 3.05) is 0 Å². The molecule has 164 valence electrons. The third-order valence-electron chi connectivity index (χ3n) is 5.13.